The number of carbonyl (C=O) groups is 3. The standard InChI is InChI=1S/C24H36O7/c1-15-10-20(31-17(3)26)24(14-29-16(2)25)19(6-5-8-23(24)13-30-23)22(15,4)9-7-18-11-21(27)28-12-18/h15,18-20H,5-14H2,1-4H3/t15-,18?,19-,20+,22+,23+,24+/m1/s1. The number of hydrogen-bond acceptors (Lipinski definition) is 7. The number of rotatable bonds is 6. The second-order valence-corrected chi connectivity index (χ2v) is 10.6. The highest BCUT2D eigenvalue weighted by Crippen LogP contribution is 2.69. The highest BCUT2D eigenvalue weighted by atomic mass is 16.6. The monoisotopic (exact) mass is 436 g/mol. The zero-order valence-corrected chi connectivity index (χ0v) is 19.2. The Morgan fingerprint density at radius 1 is 1.23 bits per heavy atom. The molecule has 4 fully saturated rings. The maximum Gasteiger partial charge on any atom is 0.306 e. The fourth-order valence-electron chi connectivity index (χ4n) is 7.06. The molecule has 2 saturated carbocycles. The molecule has 1 unspecified atom stereocenters. The number of hydrogen-bond donors (Lipinski definition) is 0. The molecule has 2 aliphatic carbocycles. The summed E-state index contributed by atoms with van der Waals surface area (Å²) in [6.45, 7) is 8.82. The minimum absolute atomic E-state index is 0.0399. The molecule has 31 heavy (non-hydrogen) atoms. The van der Waals surface area contributed by atoms with E-state index in [0.29, 0.717) is 25.6 Å². The SMILES string of the molecule is CC(=O)OC[C@@]12[C@@H](OC(C)=O)C[C@@H](C)[C@](C)(CCC3COC(=O)C3)[C@H]1CCC[C@]21CO1. The second-order valence-electron chi connectivity index (χ2n) is 10.6. The van der Waals surface area contributed by atoms with Gasteiger partial charge in [-0.05, 0) is 49.4 Å². The highest BCUT2D eigenvalue weighted by Gasteiger charge is 2.74. The molecule has 174 valence electrons. The van der Waals surface area contributed by atoms with Gasteiger partial charge in [0.25, 0.3) is 0 Å². The summed E-state index contributed by atoms with van der Waals surface area (Å²) in [5, 5.41) is 0. The molecule has 0 amide bonds. The van der Waals surface area contributed by atoms with Gasteiger partial charge in [-0.25, -0.2) is 0 Å². The zero-order valence-electron chi connectivity index (χ0n) is 19.2. The summed E-state index contributed by atoms with van der Waals surface area (Å²) in [5.41, 5.74) is -0.965. The molecule has 0 aromatic carbocycles. The number of carbonyl (C=O) groups excluding carboxylic acids is 3. The number of fused-ring (bicyclic) bond motifs is 2. The first-order valence-electron chi connectivity index (χ1n) is 11.7. The van der Waals surface area contributed by atoms with Crippen molar-refractivity contribution in [2.45, 2.75) is 84.3 Å². The number of epoxide rings is 1. The van der Waals surface area contributed by atoms with E-state index in [1.165, 1.54) is 13.8 Å². The molecule has 7 nitrogen and oxygen atoms in total. The lowest BCUT2D eigenvalue weighted by Gasteiger charge is -2.63. The Morgan fingerprint density at radius 3 is 2.55 bits per heavy atom. The molecule has 4 rings (SSSR count). The van der Waals surface area contributed by atoms with Crippen LogP contribution in [0.25, 0.3) is 0 Å². The van der Waals surface area contributed by atoms with Crippen molar-refractivity contribution in [1.82, 2.24) is 0 Å². The fourth-order valence-corrected chi connectivity index (χ4v) is 7.06. The molecule has 2 saturated heterocycles. The molecule has 1 spiro atoms. The van der Waals surface area contributed by atoms with Gasteiger partial charge in [-0.3, -0.25) is 14.4 Å². The van der Waals surface area contributed by atoms with Crippen molar-refractivity contribution in [1.29, 1.82) is 0 Å². The Kier molecular flexibility index (Phi) is 5.86. The van der Waals surface area contributed by atoms with E-state index in [4.69, 9.17) is 18.9 Å². The lowest BCUT2D eigenvalue weighted by molar-refractivity contribution is -0.229. The molecule has 2 heterocycles. The Morgan fingerprint density at radius 2 is 1.97 bits per heavy atom. The summed E-state index contributed by atoms with van der Waals surface area (Å²) in [6.07, 6.45) is 5.71. The molecule has 0 aromatic rings. The summed E-state index contributed by atoms with van der Waals surface area (Å²) >= 11 is 0. The quantitative estimate of drug-likeness (QED) is 0.358. The lowest BCUT2D eigenvalue weighted by atomic mass is 9.43. The third kappa shape index (κ3) is 3.77. The molecular formula is C24H36O7. The average molecular weight is 437 g/mol. The maximum atomic E-state index is 12.1. The van der Waals surface area contributed by atoms with Gasteiger partial charge in [0.1, 0.15) is 18.3 Å². The first-order valence-corrected chi connectivity index (χ1v) is 11.7. The molecule has 0 bridgehead atoms. The fraction of sp³-hybridized carbons (Fsp3) is 0.875. The predicted molar refractivity (Wildman–Crippen MR) is 111 cm³/mol. The van der Waals surface area contributed by atoms with Crippen LogP contribution in [0.15, 0.2) is 0 Å². The van der Waals surface area contributed by atoms with Crippen molar-refractivity contribution in [2.75, 3.05) is 19.8 Å². The van der Waals surface area contributed by atoms with Gasteiger partial charge < -0.3 is 18.9 Å². The van der Waals surface area contributed by atoms with Gasteiger partial charge >= 0.3 is 17.9 Å². The van der Waals surface area contributed by atoms with Crippen LogP contribution in [0.1, 0.15) is 72.6 Å². The van der Waals surface area contributed by atoms with Crippen molar-refractivity contribution in [3.63, 3.8) is 0 Å². The van der Waals surface area contributed by atoms with E-state index < -0.39 is 5.41 Å². The van der Waals surface area contributed by atoms with Crippen LogP contribution in [-0.2, 0) is 33.3 Å². The Hall–Kier alpha value is -1.63. The summed E-state index contributed by atoms with van der Waals surface area (Å²) in [7, 11) is 0. The van der Waals surface area contributed by atoms with E-state index in [0.717, 1.165) is 38.5 Å². The summed E-state index contributed by atoms with van der Waals surface area (Å²) < 4.78 is 22.9. The largest absolute Gasteiger partial charge is 0.465 e. The average Bonchev–Trinajstić information content (AvgIpc) is 3.35. The summed E-state index contributed by atoms with van der Waals surface area (Å²) in [6, 6.07) is 0. The van der Waals surface area contributed by atoms with Crippen LogP contribution >= 0.6 is 0 Å². The van der Waals surface area contributed by atoms with E-state index in [1.54, 1.807) is 0 Å². The first-order chi connectivity index (χ1) is 14.6. The van der Waals surface area contributed by atoms with Gasteiger partial charge in [-0.2, -0.15) is 0 Å². The Balaban J connectivity index is 1.69. The Bertz CT molecular complexity index is 744. The van der Waals surface area contributed by atoms with Crippen LogP contribution in [0, 0.1) is 28.6 Å². The second kappa shape index (κ2) is 8.05. The third-order valence-electron chi connectivity index (χ3n) is 8.95. The molecule has 4 aliphatic rings. The molecule has 0 radical (unpaired) electrons. The van der Waals surface area contributed by atoms with Gasteiger partial charge in [-0.1, -0.05) is 20.3 Å². The van der Waals surface area contributed by atoms with Crippen molar-refractivity contribution in [2.24, 2.45) is 28.6 Å². The first kappa shape index (κ1) is 22.6. The maximum absolute atomic E-state index is 12.1. The van der Waals surface area contributed by atoms with E-state index in [2.05, 4.69) is 13.8 Å². The van der Waals surface area contributed by atoms with Gasteiger partial charge in [0.15, 0.2) is 0 Å². The summed E-state index contributed by atoms with van der Waals surface area (Å²) in [4.78, 5) is 35.5. The van der Waals surface area contributed by atoms with Crippen molar-refractivity contribution >= 4 is 17.9 Å². The Labute approximate surface area is 184 Å². The number of ether oxygens (including phenoxy) is 4. The van der Waals surface area contributed by atoms with Crippen LogP contribution < -0.4 is 0 Å². The third-order valence-corrected chi connectivity index (χ3v) is 8.95. The minimum Gasteiger partial charge on any atom is -0.465 e. The van der Waals surface area contributed by atoms with Gasteiger partial charge in [0.2, 0.25) is 0 Å². The van der Waals surface area contributed by atoms with Crippen LogP contribution in [0.3, 0.4) is 0 Å². The van der Waals surface area contributed by atoms with Gasteiger partial charge in [-0.15, -0.1) is 0 Å². The van der Waals surface area contributed by atoms with Crippen molar-refractivity contribution in [3.05, 3.63) is 0 Å². The molecule has 0 N–H and O–H groups in total. The predicted octanol–water partition coefficient (Wildman–Crippen LogP) is 3.43. The molecule has 2 aliphatic heterocycles. The van der Waals surface area contributed by atoms with E-state index in [-0.39, 0.29) is 53.5 Å². The normalized spacial score (nSPS) is 43.8. The van der Waals surface area contributed by atoms with E-state index >= 15 is 0 Å². The smallest absolute Gasteiger partial charge is 0.306 e. The molecular weight excluding hydrogens is 400 g/mol. The molecule has 7 atom stereocenters. The van der Waals surface area contributed by atoms with Crippen LogP contribution in [-0.4, -0.2) is 49.4 Å². The van der Waals surface area contributed by atoms with Crippen molar-refractivity contribution in [3.8, 4) is 0 Å². The van der Waals surface area contributed by atoms with Gasteiger partial charge in [0, 0.05) is 19.8 Å². The molecule has 0 aromatic heterocycles. The lowest BCUT2D eigenvalue weighted by Crippen LogP contribution is -2.67. The topological polar surface area (TPSA) is 91.4 Å². The van der Waals surface area contributed by atoms with Crippen molar-refractivity contribution < 1.29 is 33.3 Å². The van der Waals surface area contributed by atoms with E-state index in [1.807, 2.05) is 0 Å². The molecule has 7 heteroatoms. The van der Waals surface area contributed by atoms with Crippen LogP contribution in [0.4, 0.5) is 0 Å². The number of cyclic esters (lactones) is 1. The summed E-state index contributed by atoms with van der Waals surface area (Å²) in [5.74, 6) is 0.0537. The number of esters is 3. The van der Waals surface area contributed by atoms with Crippen LogP contribution in [0.2, 0.25) is 0 Å². The zero-order chi connectivity index (χ0) is 22.4. The van der Waals surface area contributed by atoms with Gasteiger partial charge in [0.05, 0.1) is 25.0 Å². The van der Waals surface area contributed by atoms with Crippen LogP contribution in [0.5, 0.6) is 0 Å². The van der Waals surface area contributed by atoms with E-state index in [9.17, 15) is 14.4 Å². The highest BCUT2D eigenvalue weighted by molar-refractivity contribution is 5.71. The minimum atomic E-state index is -0.536.